The molecule has 0 aliphatic rings. The standard InChI is InChI=1S/C12H14FNO2/c1-3-8(2)14-12(16)11(15)9-4-6-10(13)7-5-9/h4-8H,3H2,1-2H3,(H,14,16). The first-order valence-electron chi connectivity index (χ1n) is 5.15. The summed E-state index contributed by atoms with van der Waals surface area (Å²) in [6.07, 6.45) is 0.752. The van der Waals surface area contributed by atoms with Crippen molar-refractivity contribution in [2.45, 2.75) is 26.3 Å². The van der Waals surface area contributed by atoms with Gasteiger partial charge in [0.1, 0.15) is 5.82 Å². The molecule has 0 aliphatic carbocycles. The molecule has 0 spiro atoms. The molecule has 86 valence electrons. The minimum Gasteiger partial charge on any atom is -0.347 e. The van der Waals surface area contributed by atoms with Gasteiger partial charge >= 0.3 is 0 Å². The summed E-state index contributed by atoms with van der Waals surface area (Å²) >= 11 is 0. The summed E-state index contributed by atoms with van der Waals surface area (Å²) in [5.41, 5.74) is 0.196. The van der Waals surface area contributed by atoms with Crippen molar-refractivity contribution in [1.29, 1.82) is 0 Å². The lowest BCUT2D eigenvalue weighted by atomic mass is 10.1. The second-order valence-electron chi connectivity index (χ2n) is 3.62. The maximum Gasteiger partial charge on any atom is 0.292 e. The Labute approximate surface area is 93.7 Å². The molecular weight excluding hydrogens is 209 g/mol. The van der Waals surface area contributed by atoms with Crippen LogP contribution in [0.25, 0.3) is 0 Å². The van der Waals surface area contributed by atoms with Gasteiger partial charge in [0.2, 0.25) is 5.78 Å². The third kappa shape index (κ3) is 3.15. The lowest BCUT2D eigenvalue weighted by molar-refractivity contribution is -0.117. The Bertz CT molecular complexity index is 387. The van der Waals surface area contributed by atoms with Gasteiger partial charge in [-0.05, 0) is 37.6 Å². The average molecular weight is 223 g/mol. The first-order chi connectivity index (χ1) is 7.54. The summed E-state index contributed by atoms with van der Waals surface area (Å²) in [6, 6.07) is 4.87. The zero-order valence-corrected chi connectivity index (χ0v) is 9.29. The summed E-state index contributed by atoms with van der Waals surface area (Å²) < 4.78 is 12.6. The first kappa shape index (κ1) is 12.4. The van der Waals surface area contributed by atoms with Crippen LogP contribution in [-0.2, 0) is 4.79 Å². The number of hydrogen-bond acceptors (Lipinski definition) is 2. The van der Waals surface area contributed by atoms with E-state index in [2.05, 4.69) is 5.32 Å². The van der Waals surface area contributed by atoms with Gasteiger partial charge in [0.25, 0.3) is 5.91 Å². The van der Waals surface area contributed by atoms with E-state index in [1.54, 1.807) is 0 Å². The quantitative estimate of drug-likeness (QED) is 0.626. The van der Waals surface area contributed by atoms with E-state index in [9.17, 15) is 14.0 Å². The molecule has 1 aromatic carbocycles. The maximum atomic E-state index is 12.6. The summed E-state index contributed by atoms with van der Waals surface area (Å²) in [6.45, 7) is 3.73. The Kier molecular flexibility index (Phi) is 4.17. The van der Waals surface area contributed by atoms with Crippen molar-refractivity contribution in [1.82, 2.24) is 5.32 Å². The highest BCUT2D eigenvalue weighted by atomic mass is 19.1. The third-order valence-corrected chi connectivity index (χ3v) is 2.30. The average Bonchev–Trinajstić information content (AvgIpc) is 2.28. The lowest BCUT2D eigenvalue weighted by Gasteiger charge is -2.10. The van der Waals surface area contributed by atoms with E-state index in [0.29, 0.717) is 0 Å². The van der Waals surface area contributed by atoms with Crippen LogP contribution in [0, 0.1) is 5.82 Å². The summed E-state index contributed by atoms with van der Waals surface area (Å²) in [5, 5.41) is 2.56. The Morgan fingerprint density at radius 2 is 1.88 bits per heavy atom. The van der Waals surface area contributed by atoms with Gasteiger partial charge in [-0.3, -0.25) is 9.59 Å². The maximum absolute atomic E-state index is 12.6. The van der Waals surface area contributed by atoms with Gasteiger partial charge < -0.3 is 5.32 Å². The number of ketones is 1. The monoisotopic (exact) mass is 223 g/mol. The Hall–Kier alpha value is -1.71. The highest BCUT2D eigenvalue weighted by Gasteiger charge is 2.17. The van der Waals surface area contributed by atoms with Crippen LogP contribution < -0.4 is 5.32 Å². The number of amides is 1. The van der Waals surface area contributed by atoms with Crippen molar-refractivity contribution in [3.8, 4) is 0 Å². The number of carbonyl (C=O) groups is 2. The largest absolute Gasteiger partial charge is 0.347 e. The molecule has 1 amide bonds. The van der Waals surface area contributed by atoms with Crippen LogP contribution in [0.4, 0.5) is 4.39 Å². The number of hydrogen-bond donors (Lipinski definition) is 1. The summed E-state index contributed by atoms with van der Waals surface area (Å²) in [5.74, 6) is -1.72. The van der Waals surface area contributed by atoms with Crippen molar-refractivity contribution >= 4 is 11.7 Å². The van der Waals surface area contributed by atoms with E-state index >= 15 is 0 Å². The second-order valence-corrected chi connectivity index (χ2v) is 3.62. The molecule has 0 fully saturated rings. The van der Waals surface area contributed by atoms with Crippen LogP contribution in [0.1, 0.15) is 30.6 Å². The van der Waals surface area contributed by atoms with Gasteiger partial charge in [-0.2, -0.15) is 0 Å². The van der Waals surface area contributed by atoms with Gasteiger partial charge in [0.05, 0.1) is 0 Å². The lowest BCUT2D eigenvalue weighted by Crippen LogP contribution is -2.37. The number of rotatable bonds is 4. The molecule has 4 heteroatoms. The van der Waals surface area contributed by atoms with E-state index in [1.807, 2.05) is 13.8 Å². The number of halogens is 1. The summed E-state index contributed by atoms with van der Waals surface area (Å²) in [7, 11) is 0. The molecule has 0 saturated heterocycles. The molecule has 0 aliphatic heterocycles. The highest BCUT2D eigenvalue weighted by Crippen LogP contribution is 2.04. The van der Waals surface area contributed by atoms with E-state index < -0.39 is 17.5 Å². The molecule has 16 heavy (non-hydrogen) atoms. The van der Waals surface area contributed by atoms with E-state index in [4.69, 9.17) is 0 Å². The zero-order chi connectivity index (χ0) is 12.1. The van der Waals surface area contributed by atoms with Crippen molar-refractivity contribution in [2.75, 3.05) is 0 Å². The van der Waals surface area contributed by atoms with Gasteiger partial charge in [-0.15, -0.1) is 0 Å². The van der Waals surface area contributed by atoms with E-state index in [1.165, 1.54) is 12.1 Å². The molecule has 3 nitrogen and oxygen atoms in total. The smallest absolute Gasteiger partial charge is 0.292 e. The van der Waals surface area contributed by atoms with Gasteiger partial charge in [-0.1, -0.05) is 6.92 Å². The zero-order valence-electron chi connectivity index (χ0n) is 9.29. The van der Waals surface area contributed by atoms with Crippen LogP contribution in [0.15, 0.2) is 24.3 Å². The van der Waals surface area contributed by atoms with Crippen LogP contribution in [-0.4, -0.2) is 17.7 Å². The van der Waals surface area contributed by atoms with E-state index in [0.717, 1.165) is 18.6 Å². The van der Waals surface area contributed by atoms with Crippen molar-refractivity contribution in [3.63, 3.8) is 0 Å². The molecule has 0 radical (unpaired) electrons. The molecule has 0 bridgehead atoms. The molecule has 0 heterocycles. The van der Waals surface area contributed by atoms with Crippen molar-refractivity contribution < 1.29 is 14.0 Å². The molecule has 0 saturated carbocycles. The number of benzene rings is 1. The molecule has 0 aromatic heterocycles. The molecule has 1 atom stereocenters. The van der Waals surface area contributed by atoms with Crippen LogP contribution in [0.3, 0.4) is 0 Å². The number of Topliss-reactive ketones (excluding diaryl/α,β-unsaturated/α-hetero) is 1. The highest BCUT2D eigenvalue weighted by molar-refractivity contribution is 6.42. The normalized spacial score (nSPS) is 11.9. The molecule has 1 aromatic rings. The SMILES string of the molecule is CCC(C)NC(=O)C(=O)c1ccc(F)cc1. The Morgan fingerprint density at radius 3 is 2.38 bits per heavy atom. The van der Waals surface area contributed by atoms with Crippen LogP contribution in [0.5, 0.6) is 0 Å². The minimum absolute atomic E-state index is 0.0445. The topological polar surface area (TPSA) is 46.2 Å². The number of carbonyl (C=O) groups excluding carboxylic acids is 2. The molecule has 1 unspecified atom stereocenters. The fraction of sp³-hybridized carbons (Fsp3) is 0.333. The van der Waals surface area contributed by atoms with Gasteiger partial charge in [0.15, 0.2) is 0 Å². The second kappa shape index (κ2) is 5.39. The summed E-state index contributed by atoms with van der Waals surface area (Å²) in [4.78, 5) is 23.0. The number of nitrogens with one attached hydrogen (secondary N) is 1. The fourth-order valence-corrected chi connectivity index (χ4v) is 1.12. The predicted octanol–water partition coefficient (Wildman–Crippen LogP) is 1.92. The first-order valence-corrected chi connectivity index (χ1v) is 5.15. The van der Waals surface area contributed by atoms with Crippen LogP contribution >= 0.6 is 0 Å². The van der Waals surface area contributed by atoms with E-state index in [-0.39, 0.29) is 11.6 Å². The minimum atomic E-state index is -0.652. The molecule has 1 N–H and O–H groups in total. The molecular formula is C12H14FNO2. The molecule has 1 rings (SSSR count). The van der Waals surface area contributed by atoms with Crippen molar-refractivity contribution in [2.24, 2.45) is 0 Å². The van der Waals surface area contributed by atoms with Crippen molar-refractivity contribution in [3.05, 3.63) is 35.6 Å². The Morgan fingerprint density at radius 1 is 1.31 bits per heavy atom. The Balaban J connectivity index is 2.71. The third-order valence-electron chi connectivity index (χ3n) is 2.30. The fourth-order valence-electron chi connectivity index (χ4n) is 1.12. The predicted molar refractivity (Wildman–Crippen MR) is 58.6 cm³/mol. The van der Waals surface area contributed by atoms with Crippen LogP contribution in [0.2, 0.25) is 0 Å². The van der Waals surface area contributed by atoms with Gasteiger partial charge in [0, 0.05) is 11.6 Å². The van der Waals surface area contributed by atoms with Gasteiger partial charge in [-0.25, -0.2) is 4.39 Å².